The van der Waals surface area contributed by atoms with Gasteiger partial charge in [-0.2, -0.15) is 0 Å². The summed E-state index contributed by atoms with van der Waals surface area (Å²) in [5.74, 6) is -0.941. The zero-order chi connectivity index (χ0) is 12.7. The minimum absolute atomic E-state index is 0.282. The molecule has 5 nitrogen and oxygen atoms in total. The number of hydrogen-bond acceptors (Lipinski definition) is 2. The van der Waals surface area contributed by atoms with Crippen molar-refractivity contribution in [2.75, 3.05) is 6.54 Å². The summed E-state index contributed by atoms with van der Waals surface area (Å²) in [6.07, 6.45) is 4.12. The zero-order valence-corrected chi connectivity index (χ0v) is 9.50. The largest absolute Gasteiger partial charge is 0.478 e. The van der Waals surface area contributed by atoms with Gasteiger partial charge in [0.15, 0.2) is 0 Å². The van der Waals surface area contributed by atoms with Crippen molar-refractivity contribution < 1.29 is 9.90 Å². The van der Waals surface area contributed by atoms with Gasteiger partial charge in [0.1, 0.15) is 0 Å². The van der Waals surface area contributed by atoms with Gasteiger partial charge in [0.25, 0.3) is 0 Å². The minimum atomic E-state index is -0.941. The first-order chi connectivity index (χ1) is 8.15. The van der Waals surface area contributed by atoms with Crippen molar-refractivity contribution >= 4 is 12.0 Å². The number of hydrogen-bond donors (Lipinski definition) is 1. The highest BCUT2D eigenvalue weighted by molar-refractivity contribution is 5.92. The summed E-state index contributed by atoms with van der Waals surface area (Å²) in [6, 6.07) is 5.26. The Kier molecular flexibility index (Phi) is 4.78. The molecule has 0 bridgehead atoms. The molecule has 17 heavy (non-hydrogen) atoms. The van der Waals surface area contributed by atoms with E-state index in [0.717, 1.165) is 5.56 Å². The van der Waals surface area contributed by atoms with Crippen molar-refractivity contribution in [3.05, 3.63) is 51.4 Å². The summed E-state index contributed by atoms with van der Waals surface area (Å²) >= 11 is 0. The van der Waals surface area contributed by atoms with Crippen molar-refractivity contribution in [3.63, 3.8) is 0 Å². The van der Waals surface area contributed by atoms with Crippen molar-refractivity contribution in [3.8, 4) is 0 Å². The number of benzene rings is 1. The average Bonchev–Trinajstić information content (AvgIpc) is 2.30. The third kappa shape index (κ3) is 4.01. The van der Waals surface area contributed by atoms with Gasteiger partial charge in [-0.15, -0.1) is 0 Å². The smallest absolute Gasteiger partial charge is 0.336 e. The first-order valence-electron chi connectivity index (χ1n) is 5.16. The molecule has 5 heteroatoms. The Morgan fingerprint density at radius 1 is 1.59 bits per heavy atom. The summed E-state index contributed by atoms with van der Waals surface area (Å²) in [7, 11) is 0. The average molecular weight is 231 g/mol. The van der Waals surface area contributed by atoms with Crippen LogP contribution in [-0.2, 0) is 0 Å². The molecule has 0 aromatic heterocycles. The highest BCUT2D eigenvalue weighted by Crippen LogP contribution is 2.14. The number of aromatic carboxylic acids is 1. The number of nitrogens with zero attached hydrogens (tertiary/aromatic N) is 3. The molecule has 0 saturated heterocycles. The summed E-state index contributed by atoms with van der Waals surface area (Å²) in [5, 5.41) is 12.4. The van der Waals surface area contributed by atoms with Crippen molar-refractivity contribution in [2.24, 2.45) is 5.11 Å². The number of carboxylic acid groups (broad SMARTS) is 1. The van der Waals surface area contributed by atoms with Crippen LogP contribution in [0.25, 0.3) is 16.5 Å². The van der Waals surface area contributed by atoms with Crippen LogP contribution < -0.4 is 0 Å². The van der Waals surface area contributed by atoms with Crippen LogP contribution in [0.3, 0.4) is 0 Å². The molecule has 0 atom stereocenters. The van der Waals surface area contributed by atoms with Gasteiger partial charge in [-0.05, 0) is 30.5 Å². The first-order valence-corrected chi connectivity index (χ1v) is 5.16. The monoisotopic (exact) mass is 231 g/mol. The lowest BCUT2D eigenvalue weighted by atomic mass is 10.0. The van der Waals surface area contributed by atoms with E-state index in [4.69, 9.17) is 10.6 Å². The second-order valence-electron chi connectivity index (χ2n) is 3.54. The quantitative estimate of drug-likeness (QED) is 0.364. The lowest BCUT2D eigenvalue weighted by molar-refractivity contribution is 0.0696. The van der Waals surface area contributed by atoms with Crippen LogP contribution in [0.5, 0.6) is 0 Å². The van der Waals surface area contributed by atoms with Gasteiger partial charge >= 0.3 is 5.97 Å². The van der Waals surface area contributed by atoms with E-state index in [9.17, 15) is 4.79 Å². The van der Waals surface area contributed by atoms with Gasteiger partial charge in [0, 0.05) is 11.5 Å². The lowest BCUT2D eigenvalue weighted by Crippen LogP contribution is -1.99. The Morgan fingerprint density at radius 3 is 3.00 bits per heavy atom. The third-order valence-electron chi connectivity index (χ3n) is 2.20. The van der Waals surface area contributed by atoms with Gasteiger partial charge in [-0.1, -0.05) is 35.0 Å². The van der Waals surface area contributed by atoms with Crippen molar-refractivity contribution in [1.82, 2.24) is 0 Å². The number of carbonyl (C=O) groups is 1. The predicted molar refractivity (Wildman–Crippen MR) is 65.8 cm³/mol. The Balaban J connectivity index is 2.83. The van der Waals surface area contributed by atoms with E-state index in [2.05, 4.69) is 10.0 Å². The summed E-state index contributed by atoms with van der Waals surface area (Å²) in [6.45, 7) is 2.23. The molecular weight excluding hydrogens is 218 g/mol. The highest BCUT2D eigenvalue weighted by atomic mass is 16.4. The molecule has 0 aliphatic carbocycles. The molecule has 1 aromatic rings. The maximum absolute atomic E-state index is 11.0. The van der Waals surface area contributed by atoms with Crippen molar-refractivity contribution in [2.45, 2.75) is 13.3 Å². The molecule has 1 N–H and O–H groups in total. The predicted octanol–water partition coefficient (Wildman–Crippen LogP) is 3.41. The maximum atomic E-state index is 11.0. The van der Waals surface area contributed by atoms with Crippen LogP contribution >= 0.6 is 0 Å². The lowest BCUT2D eigenvalue weighted by Gasteiger charge is -2.02. The number of azide groups is 1. The number of carboxylic acids is 1. The molecule has 88 valence electrons. The van der Waals surface area contributed by atoms with Crippen LogP contribution in [0.1, 0.15) is 27.9 Å². The van der Waals surface area contributed by atoms with Gasteiger partial charge < -0.3 is 5.11 Å². The molecule has 0 fully saturated rings. The van der Waals surface area contributed by atoms with Crippen LogP contribution in [0.2, 0.25) is 0 Å². The molecule has 0 aliphatic heterocycles. The summed E-state index contributed by atoms with van der Waals surface area (Å²) in [5.41, 5.74) is 9.94. The normalized spacial score (nSPS) is 10.2. The van der Waals surface area contributed by atoms with Gasteiger partial charge in [-0.3, -0.25) is 0 Å². The van der Waals surface area contributed by atoms with E-state index in [1.165, 1.54) is 0 Å². The SMILES string of the molecule is Cc1ccc(C=CCCN=[N+]=[N-])c(C(=O)O)c1. The molecule has 0 unspecified atom stereocenters. The van der Waals surface area contributed by atoms with Crippen LogP contribution in [-0.4, -0.2) is 17.6 Å². The van der Waals surface area contributed by atoms with E-state index in [1.54, 1.807) is 24.3 Å². The molecule has 0 saturated carbocycles. The fraction of sp³-hybridized carbons (Fsp3) is 0.250. The molecule has 1 aromatic carbocycles. The molecule has 0 amide bonds. The molecule has 0 aliphatic rings. The molecular formula is C12H13N3O2. The Hall–Kier alpha value is -2.26. The van der Waals surface area contributed by atoms with E-state index in [0.29, 0.717) is 18.5 Å². The topological polar surface area (TPSA) is 86.1 Å². The van der Waals surface area contributed by atoms with Gasteiger partial charge in [-0.25, -0.2) is 4.79 Å². The minimum Gasteiger partial charge on any atom is -0.478 e. The number of aryl methyl sites for hydroxylation is 1. The van der Waals surface area contributed by atoms with E-state index < -0.39 is 5.97 Å². The second-order valence-corrected chi connectivity index (χ2v) is 3.54. The maximum Gasteiger partial charge on any atom is 0.336 e. The molecule has 1 rings (SSSR count). The highest BCUT2D eigenvalue weighted by Gasteiger charge is 2.07. The Morgan fingerprint density at radius 2 is 2.35 bits per heavy atom. The van der Waals surface area contributed by atoms with E-state index >= 15 is 0 Å². The third-order valence-corrected chi connectivity index (χ3v) is 2.20. The standard InChI is InChI=1S/C12H13N3O2/c1-9-5-6-10(11(8-9)12(16)17)4-2-3-7-14-15-13/h2,4-6,8H,3,7H2,1H3,(H,16,17). The van der Waals surface area contributed by atoms with Crippen molar-refractivity contribution in [1.29, 1.82) is 0 Å². The van der Waals surface area contributed by atoms with Crippen LogP contribution in [0.15, 0.2) is 29.4 Å². The van der Waals surface area contributed by atoms with Crippen LogP contribution in [0, 0.1) is 6.92 Å². The van der Waals surface area contributed by atoms with E-state index in [-0.39, 0.29) is 5.56 Å². The van der Waals surface area contributed by atoms with Gasteiger partial charge in [0.2, 0.25) is 0 Å². The molecule has 0 spiro atoms. The fourth-order valence-electron chi connectivity index (χ4n) is 1.39. The van der Waals surface area contributed by atoms with Crippen LogP contribution in [0.4, 0.5) is 0 Å². The van der Waals surface area contributed by atoms with Gasteiger partial charge in [0.05, 0.1) is 5.56 Å². The fourth-order valence-corrected chi connectivity index (χ4v) is 1.39. The Bertz CT molecular complexity index is 489. The first kappa shape index (κ1) is 12.8. The zero-order valence-electron chi connectivity index (χ0n) is 9.50. The second kappa shape index (κ2) is 6.35. The van der Waals surface area contributed by atoms with E-state index in [1.807, 2.05) is 13.0 Å². The summed E-state index contributed by atoms with van der Waals surface area (Å²) < 4.78 is 0. The summed E-state index contributed by atoms with van der Waals surface area (Å²) in [4.78, 5) is 13.6. The Labute approximate surface area is 99.0 Å². The molecule has 0 radical (unpaired) electrons. The number of rotatable bonds is 5. The molecule has 0 heterocycles.